The molecule has 1 radical (unpaired) electrons. The number of rotatable bonds is 3. The molecule has 25 heavy (non-hydrogen) atoms. The van der Waals surface area contributed by atoms with Crippen molar-refractivity contribution in [2.45, 2.75) is 6.92 Å². The van der Waals surface area contributed by atoms with Crippen LogP contribution in [0.5, 0.6) is 0 Å². The number of aliphatic imine (C=N–C) groups is 1. The van der Waals surface area contributed by atoms with E-state index < -0.39 is 0 Å². The van der Waals surface area contributed by atoms with Crippen LogP contribution < -0.4 is 10.6 Å². The van der Waals surface area contributed by atoms with Crippen molar-refractivity contribution >= 4 is 47.4 Å². The molecule has 3 heterocycles. The summed E-state index contributed by atoms with van der Waals surface area (Å²) in [6.45, 7) is 1.99. The van der Waals surface area contributed by atoms with Gasteiger partial charge in [0.2, 0.25) is 0 Å². The molecular weight excluding hydrogens is 313 g/mol. The topological polar surface area (TPSA) is 80.0 Å². The zero-order valence-corrected chi connectivity index (χ0v) is 13.9. The fourth-order valence-corrected chi connectivity index (χ4v) is 2.70. The number of benzene rings is 1. The zero-order valence-electron chi connectivity index (χ0n) is 13.9. The van der Waals surface area contributed by atoms with Gasteiger partial charge >= 0.3 is 133 Å². The van der Waals surface area contributed by atoms with Crippen molar-refractivity contribution in [3.63, 3.8) is 0 Å². The second-order valence-electron chi connectivity index (χ2n) is 5.71. The molecule has 0 spiro atoms. The first kappa shape index (κ1) is 15.3. The summed E-state index contributed by atoms with van der Waals surface area (Å²) in [7, 11) is 7.51. The third kappa shape index (κ3) is 2.71. The van der Waals surface area contributed by atoms with E-state index in [0.717, 1.165) is 39.4 Å². The number of pyridine rings is 1. The molecule has 0 fully saturated rings. The van der Waals surface area contributed by atoms with Gasteiger partial charge in [0.15, 0.2) is 0 Å². The van der Waals surface area contributed by atoms with Crippen LogP contribution in [-0.2, 0) is 0 Å². The summed E-state index contributed by atoms with van der Waals surface area (Å²) in [6, 6.07) is 7.87. The average molecular weight is 328 g/mol. The van der Waals surface area contributed by atoms with Crippen molar-refractivity contribution in [3.05, 3.63) is 42.2 Å². The van der Waals surface area contributed by atoms with E-state index >= 15 is 0 Å². The van der Waals surface area contributed by atoms with Crippen LogP contribution in [0.4, 0.5) is 11.4 Å². The maximum absolute atomic E-state index is 5.77. The molecule has 0 unspecified atom stereocenters. The van der Waals surface area contributed by atoms with E-state index in [4.69, 9.17) is 7.49 Å². The monoisotopic (exact) mass is 328 g/mol. The summed E-state index contributed by atoms with van der Waals surface area (Å²) in [6.07, 6.45) is 5.40. The van der Waals surface area contributed by atoms with Crippen LogP contribution in [0.15, 0.2) is 41.5 Å². The Morgan fingerprint density at radius 3 is 2.92 bits per heavy atom. The second-order valence-corrected chi connectivity index (χ2v) is 5.71. The van der Waals surface area contributed by atoms with Crippen molar-refractivity contribution in [2.75, 3.05) is 17.7 Å². The number of allylic oxidation sites excluding steroid dienone is 2. The predicted octanol–water partition coefficient (Wildman–Crippen LogP) is 2.01. The Bertz CT molecular complexity index is 1050. The molecule has 2 aromatic heterocycles. The quantitative estimate of drug-likeness (QED) is 0.568. The van der Waals surface area contributed by atoms with Gasteiger partial charge in [0, 0.05) is 7.05 Å². The number of anilines is 2. The van der Waals surface area contributed by atoms with Gasteiger partial charge in [-0.2, -0.15) is 0 Å². The third-order valence-corrected chi connectivity index (χ3v) is 4.00. The fourth-order valence-electron chi connectivity index (χ4n) is 2.70. The molecule has 4 rings (SSSR count). The molecule has 1 aliphatic rings. The Kier molecular flexibility index (Phi) is 3.64. The molecule has 121 valence electrons. The number of nitrogens with zero attached hydrogens (tertiary/aromatic N) is 5. The van der Waals surface area contributed by atoms with Gasteiger partial charge in [0.1, 0.15) is 0 Å². The van der Waals surface area contributed by atoms with E-state index in [1.165, 1.54) is 0 Å². The van der Waals surface area contributed by atoms with Crippen molar-refractivity contribution in [2.24, 2.45) is 4.99 Å². The predicted molar refractivity (Wildman–Crippen MR) is 103 cm³/mol. The minimum atomic E-state index is 0.514. The first-order valence-corrected chi connectivity index (χ1v) is 7.77. The van der Waals surface area contributed by atoms with Gasteiger partial charge in [-0.1, -0.05) is 0 Å². The Hall–Kier alpha value is -3.29. The summed E-state index contributed by atoms with van der Waals surface area (Å²) >= 11 is 0. The third-order valence-electron chi connectivity index (χ3n) is 4.00. The number of hydrogen-bond donors (Lipinski definition) is 2. The average Bonchev–Trinajstić information content (AvgIpc) is 3.20. The van der Waals surface area contributed by atoms with E-state index in [1.807, 2.05) is 37.3 Å². The van der Waals surface area contributed by atoms with Crippen LogP contribution in [-0.4, -0.2) is 46.4 Å². The van der Waals surface area contributed by atoms with E-state index in [-0.39, 0.29) is 0 Å². The molecule has 0 bridgehead atoms. The van der Waals surface area contributed by atoms with Gasteiger partial charge in [-0.15, -0.1) is 0 Å². The molecule has 7 nitrogen and oxygen atoms in total. The Morgan fingerprint density at radius 1 is 1.24 bits per heavy atom. The number of aromatic nitrogens is 4. The fraction of sp³-hybridized carbons (Fsp3) is 0.118. The molecular formula is C17H15BN7. The van der Waals surface area contributed by atoms with Crippen LogP contribution in [0.2, 0.25) is 0 Å². The van der Waals surface area contributed by atoms with Crippen LogP contribution in [0.25, 0.3) is 22.3 Å². The normalized spacial score (nSPS) is 14.0. The van der Waals surface area contributed by atoms with Crippen molar-refractivity contribution < 1.29 is 0 Å². The first-order chi connectivity index (χ1) is 12.2. The maximum atomic E-state index is 5.77. The second kappa shape index (κ2) is 5.97. The summed E-state index contributed by atoms with van der Waals surface area (Å²) in [5, 5.41) is 14.6. The summed E-state index contributed by atoms with van der Waals surface area (Å²) in [5.74, 6) is 0. The molecule has 3 aromatic rings. The Labute approximate surface area is 145 Å². The minimum absolute atomic E-state index is 0.514. The van der Waals surface area contributed by atoms with Crippen molar-refractivity contribution in [1.82, 2.24) is 20.0 Å². The first-order valence-electron chi connectivity index (χ1n) is 7.77. The molecule has 0 saturated carbocycles. The van der Waals surface area contributed by atoms with E-state index in [9.17, 15) is 0 Å². The summed E-state index contributed by atoms with van der Waals surface area (Å²) < 4.78 is 1.79. The molecule has 0 aliphatic carbocycles. The van der Waals surface area contributed by atoms with Crippen LogP contribution >= 0.6 is 0 Å². The number of hydrogen-bond acceptors (Lipinski definition) is 6. The van der Waals surface area contributed by atoms with Crippen molar-refractivity contribution in [3.8, 4) is 5.69 Å². The molecule has 0 amide bonds. The van der Waals surface area contributed by atoms with Gasteiger partial charge < -0.3 is 0 Å². The Morgan fingerprint density at radius 2 is 2.08 bits per heavy atom. The molecule has 1 aliphatic heterocycles. The molecule has 8 heteroatoms. The number of nitrogens with one attached hydrogen (secondary N) is 2. The van der Waals surface area contributed by atoms with Crippen molar-refractivity contribution in [1.29, 1.82) is 0 Å². The van der Waals surface area contributed by atoms with Crippen LogP contribution in [0.1, 0.15) is 12.6 Å². The zero-order chi connectivity index (χ0) is 17.4. The Balaban J connectivity index is 1.80. The number of fused-ring (bicyclic) bond motifs is 2. The van der Waals surface area contributed by atoms with Gasteiger partial charge in [-0.05, 0) is 0 Å². The SMILES string of the molecule is [B]=C1Nc2ccc(-n3nnc4cnc(/C(C)=C/C=NC)cc43)cc2N1. The van der Waals surface area contributed by atoms with E-state index in [1.54, 1.807) is 24.1 Å². The van der Waals surface area contributed by atoms with Crippen LogP contribution in [0.3, 0.4) is 0 Å². The van der Waals surface area contributed by atoms with E-state index in [2.05, 4.69) is 30.9 Å². The molecule has 2 N–H and O–H groups in total. The summed E-state index contributed by atoms with van der Waals surface area (Å²) in [4.78, 5) is 8.42. The summed E-state index contributed by atoms with van der Waals surface area (Å²) in [5.41, 5.74) is 6.73. The van der Waals surface area contributed by atoms with Crippen LogP contribution in [0, 0.1) is 0 Å². The van der Waals surface area contributed by atoms with Gasteiger partial charge in [0.05, 0.1) is 0 Å². The molecule has 1 aromatic carbocycles. The van der Waals surface area contributed by atoms with Gasteiger partial charge in [-0.3, -0.25) is 4.99 Å². The standard InChI is InChI=1S/C17H15BN7/c1-10(5-6-19-2)13-8-16-15(9-20-13)23-24-25(16)11-3-4-12-14(7-11)22-17(18)21-12/h3-9,21-22H,1-2H3/b10-5+,19-6?. The van der Waals surface area contributed by atoms with E-state index in [0.29, 0.717) is 5.71 Å². The molecule has 0 atom stereocenters. The molecule has 0 saturated heterocycles. The van der Waals surface area contributed by atoms with Gasteiger partial charge in [-0.25, -0.2) is 0 Å². The van der Waals surface area contributed by atoms with Gasteiger partial charge in [0.25, 0.3) is 0 Å².